The Hall–Kier alpha value is -4.69. The van der Waals surface area contributed by atoms with E-state index < -0.39 is 48.3 Å². The van der Waals surface area contributed by atoms with Crippen LogP contribution in [0.25, 0.3) is 0 Å². The molecule has 45 heavy (non-hydrogen) atoms. The van der Waals surface area contributed by atoms with Gasteiger partial charge >= 0.3 is 5.91 Å². The van der Waals surface area contributed by atoms with Crippen LogP contribution in [0.5, 0.6) is 11.5 Å². The summed E-state index contributed by atoms with van der Waals surface area (Å²) >= 11 is 0. The molecular formula is C24H27ClF2N6O10S2. The zero-order valence-electron chi connectivity index (χ0n) is 23.8. The fourth-order valence-electron chi connectivity index (χ4n) is 2.94. The van der Waals surface area contributed by atoms with Crippen molar-refractivity contribution in [3.05, 3.63) is 71.5 Å². The predicted molar refractivity (Wildman–Crippen MR) is 152 cm³/mol. The summed E-state index contributed by atoms with van der Waals surface area (Å²) in [6, 6.07) is 5.93. The minimum atomic E-state index is -4.28. The van der Waals surface area contributed by atoms with E-state index >= 15 is 0 Å². The molecule has 4 aromatic rings. The number of rotatable bonds is 9. The number of ether oxygens (including phenoxy) is 2. The highest BCUT2D eigenvalue weighted by atomic mass is 35.7. The number of nitrogens with two attached hydrogens (primary N) is 1. The Bertz CT molecular complexity index is 1870. The lowest BCUT2D eigenvalue weighted by Crippen LogP contribution is -2.31. The molecule has 2 heterocycles. The Morgan fingerprint density at radius 2 is 1.31 bits per heavy atom. The highest BCUT2D eigenvalue weighted by Crippen LogP contribution is 2.27. The van der Waals surface area contributed by atoms with Crippen LogP contribution in [0, 0.1) is 25.5 Å². The van der Waals surface area contributed by atoms with Crippen LogP contribution >= 0.6 is 10.7 Å². The van der Waals surface area contributed by atoms with Gasteiger partial charge in [0.15, 0.2) is 0 Å². The second kappa shape index (κ2) is 15.9. The van der Waals surface area contributed by atoms with Gasteiger partial charge < -0.3 is 24.3 Å². The van der Waals surface area contributed by atoms with Gasteiger partial charge in [-0.25, -0.2) is 30.3 Å². The number of carbonyl (C=O) groups is 2. The number of amides is 2. The van der Waals surface area contributed by atoms with E-state index in [1.165, 1.54) is 6.92 Å². The molecule has 0 aliphatic carbocycles. The van der Waals surface area contributed by atoms with Gasteiger partial charge in [0.2, 0.25) is 11.8 Å². The molecule has 3 N–H and O–H groups in total. The minimum absolute atomic E-state index is 0. The molecule has 2 aromatic heterocycles. The summed E-state index contributed by atoms with van der Waals surface area (Å²) < 4.78 is 93.2. The predicted octanol–water partition coefficient (Wildman–Crippen LogP) is 2.91. The molecule has 0 unspecified atom stereocenters. The number of primary amides is 1. The van der Waals surface area contributed by atoms with E-state index in [2.05, 4.69) is 29.3 Å². The largest absolute Gasteiger partial charge is 0.492 e. The zero-order chi connectivity index (χ0) is 33.9. The number of hydrogen-bond donors (Lipinski definition) is 2. The monoisotopic (exact) mass is 696 g/mol. The van der Waals surface area contributed by atoms with Crippen LogP contribution in [0.2, 0.25) is 0 Å². The molecule has 21 heteroatoms. The zero-order valence-corrected chi connectivity index (χ0v) is 26.2. The number of aromatic nitrogens is 4. The van der Waals surface area contributed by atoms with E-state index in [0.29, 0.717) is 5.89 Å². The Labute approximate surface area is 260 Å². The summed E-state index contributed by atoms with van der Waals surface area (Å²) in [5.74, 6) is -3.30. The Balaban J connectivity index is 0.000000377. The SMILES string of the molecule is CCOc1cc(F)ccc1S(=O)(=O)Cl.CCOc1cc(F)ccc1S(=O)(=O)NC(=O)c1noc(C)n1.Cc1nc(C(N)=O)no1.[HH]. The third-order valence-corrected chi connectivity index (χ3v) is 7.40. The maximum Gasteiger partial charge on any atom is 0.306 e. The molecule has 0 atom stereocenters. The van der Waals surface area contributed by atoms with Crippen LogP contribution in [0.1, 0.15) is 48.3 Å². The van der Waals surface area contributed by atoms with E-state index in [9.17, 15) is 35.2 Å². The van der Waals surface area contributed by atoms with Crippen molar-refractivity contribution in [3.8, 4) is 11.5 Å². The molecule has 2 amide bonds. The maximum absolute atomic E-state index is 13.2. The quantitative estimate of drug-likeness (QED) is 0.239. The number of nitrogens with one attached hydrogen (secondary N) is 1. The van der Waals surface area contributed by atoms with Crippen molar-refractivity contribution < 1.29 is 55.2 Å². The number of hydrogen-bond acceptors (Lipinski definition) is 14. The number of benzene rings is 2. The number of halogens is 3. The third kappa shape index (κ3) is 11.1. The number of nitrogens with zero attached hydrogens (tertiary/aromatic N) is 4. The van der Waals surface area contributed by atoms with E-state index in [4.69, 9.17) is 25.9 Å². The van der Waals surface area contributed by atoms with Crippen molar-refractivity contribution in [3.63, 3.8) is 0 Å². The van der Waals surface area contributed by atoms with Crippen LogP contribution < -0.4 is 19.9 Å². The summed E-state index contributed by atoms with van der Waals surface area (Å²) in [6.45, 7) is 6.68. The molecule has 0 bridgehead atoms. The number of aryl methyl sites for hydroxylation is 2. The van der Waals surface area contributed by atoms with Gasteiger partial charge in [0, 0.05) is 38.1 Å². The van der Waals surface area contributed by atoms with Crippen molar-refractivity contribution >= 4 is 41.6 Å². The third-order valence-electron chi connectivity index (χ3n) is 4.67. The molecule has 0 spiro atoms. The minimum Gasteiger partial charge on any atom is -0.492 e. The van der Waals surface area contributed by atoms with Gasteiger partial charge in [0.1, 0.15) is 32.9 Å². The van der Waals surface area contributed by atoms with E-state index in [-0.39, 0.29) is 47.6 Å². The second-order valence-electron chi connectivity index (χ2n) is 8.06. The fourth-order valence-corrected chi connectivity index (χ4v) is 4.98. The van der Waals surface area contributed by atoms with E-state index in [1.807, 2.05) is 0 Å². The molecule has 2 aromatic carbocycles. The molecule has 0 aliphatic heterocycles. The average molecular weight is 697 g/mol. The van der Waals surface area contributed by atoms with Gasteiger partial charge in [-0.15, -0.1) is 0 Å². The topological polar surface area (TPSA) is 237 Å². The highest BCUT2D eigenvalue weighted by Gasteiger charge is 2.25. The molecular weight excluding hydrogens is 670 g/mol. The van der Waals surface area contributed by atoms with Crippen molar-refractivity contribution in [2.75, 3.05) is 13.2 Å². The summed E-state index contributed by atoms with van der Waals surface area (Å²) in [5, 5.41) is 6.57. The highest BCUT2D eigenvalue weighted by molar-refractivity contribution is 8.13. The van der Waals surface area contributed by atoms with Gasteiger partial charge in [-0.2, -0.15) is 9.97 Å². The lowest BCUT2D eigenvalue weighted by atomic mass is 10.3. The van der Waals surface area contributed by atoms with Crippen LogP contribution in [0.3, 0.4) is 0 Å². The van der Waals surface area contributed by atoms with Gasteiger partial charge in [-0.3, -0.25) is 9.59 Å². The first-order valence-corrected chi connectivity index (χ1v) is 16.0. The Morgan fingerprint density at radius 3 is 1.69 bits per heavy atom. The van der Waals surface area contributed by atoms with Crippen molar-refractivity contribution in [1.82, 2.24) is 25.0 Å². The van der Waals surface area contributed by atoms with E-state index in [1.54, 1.807) is 25.5 Å². The molecule has 0 saturated carbocycles. The number of sulfonamides is 1. The summed E-state index contributed by atoms with van der Waals surface area (Å²) in [4.78, 5) is 28.6. The molecule has 16 nitrogen and oxygen atoms in total. The van der Waals surface area contributed by atoms with Crippen LogP contribution in [-0.2, 0) is 19.1 Å². The maximum atomic E-state index is 13.2. The second-order valence-corrected chi connectivity index (χ2v) is 12.2. The van der Waals surface area contributed by atoms with Crippen LogP contribution in [0.15, 0.2) is 55.2 Å². The average Bonchev–Trinajstić information content (AvgIpc) is 3.57. The smallest absolute Gasteiger partial charge is 0.306 e. The Morgan fingerprint density at radius 1 is 0.867 bits per heavy atom. The first kappa shape index (κ1) is 36.5. The lowest BCUT2D eigenvalue weighted by molar-refractivity contribution is 0.0965. The molecule has 0 radical (unpaired) electrons. The molecule has 246 valence electrons. The molecule has 0 saturated heterocycles. The van der Waals surface area contributed by atoms with Crippen LogP contribution in [-0.4, -0.2) is 62.1 Å². The van der Waals surface area contributed by atoms with Gasteiger partial charge in [-0.1, -0.05) is 10.3 Å². The standard InChI is InChI=1S/C12H12FN3O5S.C8H8ClFO3S.C4H5N3O2.H2/c1-3-20-9-6-8(13)4-5-10(9)22(18,19)16-12(17)11-14-7(2)21-15-11;1-2-13-7-5-6(10)3-4-8(7)14(9,11)12;1-2-6-4(3(5)8)7-9-2;/h4-6H,3H2,1-2H3,(H,16,17);3-5H,2H2,1H3;1H3,(H2,5,8);1H. The fraction of sp³-hybridized carbons (Fsp3) is 0.250. The van der Waals surface area contributed by atoms with Crippen LogP contribution in [0.4, 0.5) is 8.78 Å². The molecule has 0 fully saturated rings. The first-order chi connectivity index (χ1) is 21.0. The van der Waals surface area contributed by atoms with Gasteiger partial charge in [-0.05, 0) is 38.1 Å². The van der Waals surface area contributed by atoms with Crippen molar-refractivity contribution in [2.24, 2.45) is 5.73 Å². The summed E-state index contributed by atoms with van der Waals surface area (Å²) in [6.07, 6.45) is 0. The normalized spacial score (nSPS) is 10.9. The first-order valence-electron chi connectivity index (χ1n) is 12.2. The lowest BCUT2D eigenvalue weighted by Gasteiger charge is -2.11. The van der Waals surface area contributed by atoms with Crippen molar-refractivity contribution in [1.29, 1.82) is 0 Å². The number of carbonyl (C=O) groups excluding carboxylic acids is 2. The summed E-state index contributed by atoms with van der Waals surface area (Å²) in [7, 11) is -3.05. The summed E-state index contributed by atoms with van der Waals surface area (Å²) in [5.41, 5.74) is 4.80. The Kier molecular flexibility index (Phi) is 12.9. The van der Waals surface area contributed by atoms with Crippen molar-refractivity contribution in [2.45, 2.75) is 37.5 Å². The van der Waals surface area contributed by atoms with Gasteiger partial charge in [0.25, 0.3) is 36.6 Å². The molecule has 0 aliphatic rings. The molecule has 4 rings (SSSR count). The van der Waals surface area contributed by atoms with E-state index in [0.717, 1.165) is 36.4 Å². The van der Waals surface area contributed by atoms with Gasteiger partial charge in [0.05, 0.1) is 13.2 Å².